The molecule has 0 spiro atoms. The van der Waals surface area contributed by atoms with Crippen LogP contribution in [0.4, 0.5) is 10.1 Å². The van der Waals surface area contributed by atoms with Gasteiger partial charge in [0, 0.05) is 5.70 Å². The van der Waals surface area contributed by atoms with Crippen molar-refractivity contribution in [1.29, 1.82) is 0 Å². The van der Waals surface area contributed by atoms with Crippen LogP contribution in [0.2, 0.25) is 0 Å². The van der Waals surface area contributed by atoms with Crippen LogP contribution < -0.4 is 10.1 Å². The van der Waals surface area contributed by atoms with E-state index in [1.807, 2.05) is 13.0 Å². The van der Waals surface area contributed by atoms with Crippen LogP contribution in [0.1, 0.15) is 5.56 Å². The molecule has 0 fully saturated rings. The molecule has 0 aliphatic carbocycles. The Balaban J connectivity index is 2.53. The number of nitrogens with one attached hydrogen (secondary N) is 1. The van der Waals surface area contributed by atoms with Crippen molar-refractivity contribution in [2.75, 3.05) is 11.9 Å². The molecule has 13 heavy (non-hydrogen) atoms. The average molecular weight is 179 g/mol. The van der Waals surface area contributed by atoms with Crippen molar-refractivity contribution in [2.24, 2.45) is 0 Å². The van der Waals surface area contributed by atoms with Crippen LogP contribution in [0.3, 0.4) is 0 Å². The van der Waals surface area contributed by atoms with E-state index >= 15 is 0 Å². The summed E-state index contributed by atoms with van der Waals surface area (Å²) < 4.78 is 18.4. The number of halogens is 1. The van der Waals surface area contributed by atoms with Gasteiger partial charge >= 0.3 is 0 Å². The molecule has 0 atom stereocenters. The molecule has 1 aromatic carbocycles. The van der Waals surface area contributed by atoms with Crippen molar-refractivity contribution in [2.45, 2.75) is 6.92 Å². The molecule has 2 nitrogen and oxygen atoms in total. The molecule has 1 heterocycles. The first-order valence-corrected chi connectivity index (χ1v) is 4.04. The number of ether oxygens (including phenoxy) is 1. The SMILES string of the molecule is C=C1COc2c(F)cc(C)cc2N1. The third kappa shape index (κ3) is 1.37. The van der Waals surface area contributed by atoms with E-state index in [1.165, 1.54) is 6.07 Å². The highest BCUT2D eigenvalue weighted by molar-refractivity contribution is 5.63. The summed E-state index contributed by atoms with van der Waals surface area (Å²) in [6.45, 7) is 5.88. The van der Waals surface area contributed by atoms with Gasteiger partial charge in [0.15, 0.2) is 11.6 Å². The Hall–Kier alpha value is -1.51. The molecule has 3 heteroatoms. The first-order chi connectivity index (χ1) is 6.16. The molecular formula is C10H10FNO. The van der Waals surface area contributed by atoms with E-state index in [0.717, 1.165) is 11.3 Å². The molecule has 0 radical (unpaired) electrons. The van der Waals surface area contributed by atoms with Gasteiger partial charge in [-0.1, -0.05) is 6.58 Å². The maximum absolute atomic E-state index is 13.3. The Morgan fingerprint density at radius 1 is 1.54 bits per heavy atom. The fourth-order valence-electron chi connectivity index (χ4n) is 1.35. The monoisotopic (exact) mass is 179 g/mol. The molecule has 0 saturated carbocycles. The molecule has 0 unspecified atom stereocenters. The summed E-state index contributed by atoms with van der Waals surface area (Å²) >= 11 is 0. The lowest BCUT2D eigenvalue weighted by molar-refractivity contribution is 0.327. The fourth-order valence-corrected chi connectivity index (χ4v) is 1.35. The maximum atomic E-state index is 13.3. The number of anilines is 1. The van der Waals surface area contributed by atoms with Crippen molar-refractivity contribution in [3.05, 3.63) is 35.8 Å². The second-order valence-electron chi connectivity index (χ2n) is 3.14. The Bertz CT molecular complexity index is 373. The Labute approximate surface area is 76.0 Å². The number of fused-ring (bicyclic) bond motifs is 1. The van der Waals surface area contributed by atoms with Gasteiger partial charge in [-0.05, 0) is 24.6 Å². The Morgan fingerprint density at radius 3 is 3.08 bits per heavy atom. The molecule has 68 valence electrons. The highest BCUT2D eigenvalue weighted by Crippen LogP contribution is 2.33. The largest absolute Gasteiger partial charge is 0.482 e. The van der Waals surface area contributed by atoms with Crippen LogP contribution in [0.25, 0.3) is 0 Å². The highest BCUT2D eigenvalue weighted by atomic mass is 19.1. The zero-order valence-electron chi connectivity index (χ0n) is 7.36. The van der Waals surface area contributed by atoms with Gasteiger partial charge in [-0.15, -0.1) is 0 Å². The van der Waals surface area contributed by atoms with Gasteiger partial charge in [-0.25, -0.2) is 4.39 Å². The average Bonchev–Trinajstić information content (AvgIpc) is 2.02. The first kappa shape index (κ1) is 8.10. The van der Waals surface area contributed by atoms with Gasteiger partial charge in [-0.2, -0.15) is 0 Å². The molecule has 1 aliphatic rings. The summed E-state index contributed by atoms with van der Waals surface area (Å²) in [6.07, 6.45) is 0. The number of hydrogen-bond donors (Lipinski definition) is 1. The van der Waals surface area contributed by atoms with Crippen LogP contribution in [-0.4, -0.2) is 6.61 Å². The van der Waals surface area contributed by atoms with E-state index in [9.17, 15) is 4.39 Å². The number of benzene rings is 1. The normalized spacial score (nSPS) is 14.5. The lowest BCUT2D eigenvalue weighted by atomic mass is 10.2. The van der Waals surface area contributed by atoms with E-state index in [1.54, 1.807) is 0 Å². The molecule has 0 bridgehead atoms. The highest BCUT2D eigenvalue weighted by Gasteiger charge is 2.16. The van der Waals surface area contributed by atoms with Gasteiger partial charge < -0.3 is 10.1 Å². The fraction of sp³-hybridized carbons (Fsp3) is 0.200. The van der Waals surface area contributed by atoms with Crippen molar-refractivity contribution < 1.29 is 9.13 Å². The molecule has 0 saturated heterocycles. The number of hydrogen-bond acceptors (Lipinski definition) is 2. The van der Waals surface area contributed by atoms with E-state index in [2.05, 4.69) is 11.9 Å². The quantitative estimate of drug-likeness (QED) is 0.660. The summed E-state index contributed by atoms with van der Waals surface area (Å²) in [7, 11) is 0. The van der Waals surface area contributed by atoms with Gasteiger partial charge in [0.05, 0.1) is 5.69 Å². The van der Waals surface area contributed by atoms with Crippen molar-refractivity contribution >= 4 is 5.69 Å². The molecule has 0 amide bonds. The van der Waals surface area contributed by atoms with Gasteiger partial charge in [0.1, 0.15) is 6.61 Å². The van der Waals surface area contributed by atoms with Crippen LogP contribution in [-0.2, 0) is 0 Å². The number of aryl methyl sites for hydroxylation is 1. The van der Waals surface area contributed by atoms with E-state index in [-0.39, 0.29) is 11.6 Å². The third-order valence-corrected chi connectivity index (χ3v) is 1.89. The minimum Gasteiger partial charge on any atom is -0.482 e. The predicted molar refractivity (Wildman–Crippen MR) is 49.4 cm³/mol. The second-order valence-corrected chi connectivity index (χ2v) is 3.14. The van der Waals surface area contributed by atoms with E-state index in [4.69, 9.17) is 4.74 Å². The van der Waals surface area contributed by atoms with Gasteiger partial charge in [0.2, 0.25) is 0 Å². The van der Waals surface area contributed by atoms with Crippen LogP contribution in [0.5, 0.6) is 5.75 Å². The van der Waals surface area contributed by atoms with Gasteiger partial charge in [-0.3, -0.25) is 0 Å². The minimum absolute atomic E-state index is 0.290. The topological polar surface area (TPSA) is 21.3 Å². The van der Waals surface area contributed by atoms with Crippen molar-refractivity contribution in [3.63, 3.8) is 0 Å². The van der Waals surface area contributed by atoms with Crippen LogP contribution in [0.15, 0.2) is 24.4 Å². The first-order valence-electron chi connectivity index (χ1n) is 4.04. The molecule has 0 aromatic heterocycles. The van der Waals surface area contributed by atoms with Crippen LogP contribution >= 0.6 is 0 Å². The summed E-state index contributed by atoms with van der Waals surface area (Å²) in [6, 6.07) is 3.29. The third-order valence-electron chi connectivity index (χ3n) is 1.89. The lowest BCUT2D eigenvalue weighted by Crippen LogP contribution is -2.16. The smallest absolute Gasteiger partial charge is 0.178 e. The zero-order chi connectivity index (χ0) is 9.42. The lowest BCUT2D eigenvalue weighted by Gasteiger charge is -2.21. The zero-order valence-corrected chi connectivity index (χ0v) is 7.36. The Kier molecular flexibility index (Phi) is 1.72. The Morgan fingerprint density at radius 2 is 2.31 bits per heavy atom. The minimum atomic E-state index is -0.324. The standard InChI is InChI=1S/C10H10FNO/c1-6-3-8(11)10-9(4-6)12-7(2)5-13-10/h3-4,12H,2,5H2,1H3. The summed E-state index contributed by atoms with van der Waals surface area (Å²) in [5, 5.41) is 2.98. The van der Waals surface area contributed by atoms with Crippen molar-refractivity contribution in [3.8, 4) is 5.75 Å². The molecular weight excluding hydrogens is 169 g/mol. The summed E-state index contributed by atoms with van der Waals surface area (Å²) in [5.41, 5.74) is 2.27. The summed E-state index contributed by atoms with van der Waals surface area (Å²) in [4.78, 5) is 0. The molecule has 1 aliphatic heterocycles. The van der Waals surface area contributed by atoms with Gasteiger partial charge in [0.25, 0.3) is 0 Å². The van der Waals surface area contributed by atoms with Crippen molar-refractivity contribution in [1.82, 2.24) is 0 Å². The molecule has 1 N–H and O–H groups in total. The molecule has 1 aromatic rings. The van der Waals surface area contributed by atoms with E-state index < -0.39 is 0 Å². The predicted octanol–water partition coefficient (Wildman–Crippen LogP) is 2.45. The number of rotatable bonds is 0. The second kappa shape index (κ2) is 2.76. The maximum Gasteiger partial charge on any atom is 0.178 e. The van der Waals surface area contributed by atoms with Crippen LogP contribution in [0, 0.1) is 12.7 Å². The molecule has 2 rings (SSSR count). The summed E-state index contributed by atoms with van der Waals surface area (Å²) in [5.74, 6) is -0.0343. The van der Waals surface area contributed by atoms with E-state index in [0.29, 0.717) is 12.3 Å².